The number of aryl methyl sites for hydroxylation is 1. The highest BCUT2D eigenvalue weighted by molar-refractivity contribution is 7.92. The van der Waals surface area contributed by atoms with Crippen molar-refractivity contribution in [2.45, 2.75) is 11.8 Å². The number of nitro benzene ring substituents is 1. The monoisotopic (exact) mass is 357 g/mol. The van der Waals surface area contributed by atoms with E-state index in [0.29, 0.717) is 11.3 Å². The molecular formula is C17H15N3O4S. The molecule has 0 aliphatic heterocycles. The van der Waals surface area contributed by atoms with E-state index in [1.807, 2.05) is 35.2 Å². The SMILES string of the molecule is Cc1ccc([N+](=O)[O-])cc1S(=O)(=O)Nc1cccc(-n2cccc2)c1. The van der Waals surface area contributed by atoms with Gasteiger partial charge in [-0.15, -0.1) is 0 Å². The molecule has 0 bridgehead atoms. The first-order valence-corrected chi connectivity index (χ1v) is 8.86. The van der Waals surface area contributed by atoms with Gasteiger partial charge >= 0.3 is 0 Å². The van der Waals surface area contributed by atoms with E-state index >= 15 is 0 Å². The smallest absolute Gasteiger partial charge is 0.270 e. The van der Waals surface area contributed by atoms with Crippen LogP contribution in [0.1, 0.15) is 5.56 Å². The predicted octanol–water partition coefficient (Wildman–Crippen LogP) is 3.49. The van der Waals surface area contributed by atoms with Gasteiger partial charge in [0.2, 0.25) is 0 Å². The van der Waals surface area contributed by atoms with E-state index in [9.17, 15) is 18.5 Å². The third-order valence-corrected chi connectivity index (χ3v) is 5.20. The summed E-state index contributed by atoms with van der Waals surface area (Å²) in [5.41, 5.74) is 1.32. The van der Waals surface area contributed by atoms with Gasteiger partial charge in [-0.05, 0) is 42.8 Å². The summed E-state index contributed by atoms with van der Waals surface area (Å²) in [6, 6.07) is 14.4. The molecule has 1 heterocycles. The average molecular weight is 357 g/mol. The summed E-state index contributed by atoms with van der Waals surface area (Å²) in [7, 11) is -3.95. The van der Waals surface area contributed by atoms with Gasteiger partial charge in [0.25, 0.3) is 15.7 Å². The van der Waals surface area contributed by atoms with Gasteiger partial charge in [0.05, 0.1) is 15.5 Å². The Labute approximate surface area is 144 Å². The fourth-order valence-corrected chi connectivity index (χ4v) is 3.75. The van der Waals surface area contributed by atoms with Crippen molar-refractivity contribution in [3.63, 3.8) is 0 Å². The van der Waals surface area contributed by atoms with Crippen molar-refractivity contribution < 1.29 is 13.3 Å². The highest BCUT2D eigenvalue weighted by Crippen LogP contribution is 2.25. The van der Waals surface area contributed by atoms with Crippen LogP contribution in [-0.2, 0) is 10.0 Å². The molecule has 0 unspecified atom stereocenters. The van der Waals surface area contributed by atoms with Crippen LogP contribution in [0, 0.1) is 17.0 Å². The molecule has 0 radical (unpaired) electrons. The summed E-state index contributed by atoms with van der Waals surface area (Å²) in [6.45, 7) is 1.59. The molecule has 0 spiro atoms. The van der Waals surface area contributed by atoms with Gasteiger partial charge in [-0.1, -0.05) is 12.1 Å². The lowest BCUT2D eigenvalue weighted by molar-refractivity contribution is -0.385. The third kappa shape index (κ3) is 3.53. The molecule has 0 atom stereocenters. The van der Waals surface area contributed by atoms with Crippen LogP contribution >= 0.6 is 0 Å². The first-order valence-electron chi connectivity index (χ1n) is 7.38. The lowest BCUT2D eigenvalue weighted by atomic mass is 10.2. The van der Waals surface area contributed by atoms with Gasteiger partial charge in [-0.2, -0.15) is 0 Å². The van der Waals surface area contributed by atoms with E-state index < -0.39 is 14.9 Å². The van der Waals surface area contributed by atoms with Crippen LogP contribution < -0.4 is 4.72 Å². The summed E-state index contributed by atoms with van der Waals surface area (Å²) >= 11 is 0. The van der Waals surface area contributed by atoms with E-state index in [0.717, 1.165) is 11.8 Å². The second-order valence-electron chi connectivity index (χ2n) is 5.45. The first kappa shape index (κ1) is 16.7. The average Bonchev–Trinajstić information content (AvgIpc) is 3.09. The van der Waals surface area contributed by atoms with Gasteiger partial charge in [0, 0.05) is 30.2 Å². The van der Waals surface area contributed by atoms with Crippen LogP contribution in [0.2, 0.25) is 0 Å². The lowest BCUT2D eigenvalue weighted by Gasteiger charge is -2.12. The van der Waals surface area contributed by atoms with Crippen LogP contribution in [0.15, 0.2) is 71.9 Å². The highest BCUT2D eigenvalue weighted by Gasteiger charge is 2.20. The van der Waals surface area contributed by atoms with Crippen molar-refractivity contribution in [1.82, 2.24) is 4.57 Å². The minimum Gasteiger partial charge on any atom is -0.324 e. The molecule has 0 saturated heterocycles. The van der Waals surface area contributed by atoms with E-state index in [1.165, 1.54) is 12.1 Å². The van der Waals surface area contributed by atoms with Gasteiger partial charge in [-0.25, -0.2) is 8.42 Å². The number of nitro groups is 1. The quantitative estimate of drug-likeness (QED) is 0.558. The molecule has 128 valence electrons. The van der Waals surface area contributed by atoms with E-state index in [2.05, 4.69) is 4.72 Å². The summed E-state index contributed by atoms with van der Waals surface area (Å²) in [6.07, 6.45) is 3.69. The van der Waals surface area contributed by atoms with Gasteiger partial charge in [0.15, 0.2) is 0 Å². The Morgan fingerprint density at radius 3 is 2.44 bits per heavy atom. The molecule has 25 heavy (non-hydrogen) atoms. The largest absolute Gasteiger partial charge is 0.324 e. The molecule has 0 aliphatic rings. The summed E-state index contributed by atoms with van der Waals surface area (Å²) in [5.74, 6) is 0. The standard InChI is InChI=1S/C17H15N3O4S/c1-13-7-8-16(20(21)22)12-17(13)25(23,24)18-14-5-4-6-15(11-14)19-9-2-3-10-19/h2-12,18H,1H3. The number of non-ortho nitro benzene ring substituents is 1. The minimum atomic E-state index is -3.95. The molecule has 2 aromatic carbocycles. The molecule has 0 amide bonds. The number of nitrogens with zero attached hydrogens (tertiary/aromatic N) is 2. The van der Waals surface area contributed by atoms with Crippen LogP contribution in [0.4, 0.5) is 11.4 Å². The fourth-order valence-electron chi connectivity index (χ4n) is 2.44. The zero-order chi connectivity index (χ0) is 18.0. The van der Waals surface area contributed by atoms with Crippen LogP contribution in [0.5, 0.6) is 0 Å². The topological polar surface area (TPSA) is 94.2 Å². The normalized spacial score (nSPS) is 11.2. The number of sulfonamides is 1. The van der Waals surface area contributed by atoms with Crippen LogP contribution in [-0.4, -0.2) is 17.9 Å². The summed E-state index contributed by atoms with van der Waals surface area (Å²) in [4.78, 5) is 10.2. The molecule has 0 fully saturated rings. The van der Waals surface area contributed by atoms with Crippen molar-refractivity contribution >= 4 is 21.4 Å². The molecule has 0 saturated carbocycles. The number of anilines is 1. The Morgan fingerprint density at radius 2 is 1.76 bits per heavy atom. The Morgan fingerprint density at radius 1 is 1.04 bits per heavy atom. The molecule has 0 aliphatic carbocycles. The number of benzene rings is 2. The van der Waals surface area contributed by atoms with Gasteiger partial charge in [0.1, 0.15) is 0 Å². The van der Waals surface area contributed by atoms with Crippen molar-refractivity contribution in [3.8, 4) is 5.69 Å². The Bertz CT molecular complexity index is 1030. The molecule has 3 aromatic rings. The third-order valence-electron chi connectivity index (χ3n) is 3.67. The fraction of sp³-hybridized carbons (Fsp3) is 0.0588. The molecule has 3 rings (SSSR count). The van der Waals surface area contributed by atoms with Crippen LogP contribution in [0.25, 0.3) is 5.69 Å². The zero-order valence-corrected chi connectivity index (χ0v) is 14.1. The summed E-state index contributed by atoms with van der Waals surface area (Å²) < 4.78 is 29.6. The number of rotatable bonds is 5. The Kier molecular flexibility index (Phi) is 4.28. The molecule has 1 N–H and O–H groups in total. The molecule has 7 nitrogen and oxygen atoms in total. The minimum absolute atomic E-state index is 0.118. The summed E-state index contributed by atoms with van der Waals surface area (Å²) in [5, 5.41) is 10.9. The van der Waals surface area contributed by atoms with Gasteiger partial charge in [-0.3, -0.25) is 14.8 Å². The Balaban J connectivity index is 1.96. The molecule has 8 heteroatoms. The van der Waals surface area contributed by atoms with E-state index in [4.69, 9.17) is 0 Å². The van der Waals surface area contributed by atoms with Crippen molar-refractivity contribution in [2.24, 2.45) is 0 Å². The predicted molar refractivity (Wildman–Crippen MR) is 94.4 cm³/mol. The Hall–Kier alpha value is -3.13. The number of hydrogen-bond acceptors (Lipinski definition) is 4. The maximum Gasteiger partial charge on any atom is 0.270 e. The first-order chi connectivity index (χ1) is 11.9. The van der Waals surface area contributed by atoms with Gasteiger partial charge < -0.3 is 4.57 Å². The zero-order valence-electron chi connectivity index (χ0n) is 13.3. The molecule has 1 aromatic heterocycles. The van der Waals surface area contributed by atoms with Crippen molar-refractivity contribution in [2.75, 3.05) is 4.72 Å². The van der Waals surface area contributed by atoms with E-state index in [1.54, 1.807) is 25.1 Å². The second kappa shape index (κ2) is 6.40. The lowest BCUT2D eigenvalue weighted by Crippen LogP contribution is -2.14. The highest BCUT2D eigenvalue weighted by atomic mass is 32.2. The number of hydrogen-bond donors (Lipinski definition) is 1. The van der Waals surface area contributed by atoms with Crippen molar-refractivity contribution in [3.05, 3.63) is 82.7 Å². The maximum atomic E-state index is 12.7. The second-order valence-corrected chi connectivity index (χ2v) is 7.10. The van der Waals surface area contributed by atoms with Crippen LogP contribution in [0.3, 0.4) is 0 Å². The number of nitrogens with one attached hydrogen (secondary N) is 1. The maximum absolute atomic E-state index is 12.7. The number of aromatic nitrogens is 1. The van der Waals surface area contributed by atoms with Crippen molar-refractivity contribution in [1.29, 1.82) is 0 Å². The molecular weight excluding hydrogens is 342 g/mol. The van der Waals surface area contributed by atoms with E-state index in [-0.39, 0.29) is 10.6 Å².